The fourth-order valence-corrected chi connectivity index (χ4v) is 3.54. The van der Waals surface area contributed by atoms with Gasteiger partial charge in [0.1, 0.15) is 0 Å². The van der Waals surface area contributed by atoms with Gasteiger partial charge < -0.3 is 20.5 Å². The molecular formula is C23H32N4O2. The predicted molar refractivity (Wildman–Crippen MR) is 117 cm³/mol. The van der Waals surface area contributed by atoms with Crippen LogP contribution in [0.5, 0.6) is 11.5 Å². The molecule has 0 amide bonds. The zero-order valence-corrected chi connectivity index (χ0v) is 17.5. The van der Waals surface area contributed by atoms with E-state index < -0.39 is 0 Å². The first-order chi connectivity index (χ1) is 14.2. The number of hydrogen-bond donors (Lipinski definition) is 2. The van der Waals surface area contributed by atoms with E-state index in [9.17, 15) is 0 Å². The molecule has 1 aliphatic heterocycles. The summed E-state index contributed by atoms with van der Waals surface area (Å²) in [6, 6.07) is 14.5. The Bertz CT molecular complexity index is 799. The molecule has 0 unspecified atom stereocenters. The van der Waals surface area contributed by atoms with Crippen molar-refractivity contribution in [1.29, 1.82) is 0 Å². The van der Waals surface area contributed by atoms with Gasteiger partial charge >= 0.3 is 0 Å². The average Bonchev–Trinajstić information content (AvgIpc) is 2.77. The molecule has 1 heterocycles. The third-order valence-electron chi connectivity index (χ3n) is 5.23. The molecule has 2 aromatic carbocycles. The first-order valence-corrected chi connectivity index (χ1v) is 10.2. The van der Waals surface area contributed by atoms with E-state index in [2.05, 4.69) is 39.5 Å². The van der Waals surface area contributed by atoms with Gasteiger partial charge in [-0.25, -0.2) is 4.99 Å². The van der Waals surface area contributed by atoms with E-state index in [1.807, 2.05) is 18.2 Å². The molecule has 0 saturated carbocycles. The highest BCUT2D eigenvalue weighted by Gasteiger charge is 2.10. The summed E-state index contributed by atoms with van der Waals surface area (Å²) in [5, 5.41) is 3.18. The van der Waals surface area contributed by atoms with Gasteiger partial charge in [-0.3, -0.25) is 4.90 Å². The smallest absolute Gasteiger partial charge is 0.189 e. The number of hydrogen-bond acceptors (Lipinski definition) is 4. The normalized spacial score (nSPS) is 15.2. The van der Waals surface area contributed by atoms with Gasteiger partial charge in [0.05, 0.1) is 20.8 Å². The topological polar surface area (TPSA) is 72.1 Å². The van der Waals surface area contributed by atoms with Crippen LogP contribution in [0.2, 0.25) is 0 Å². The molecule has 1 fully saturated rings. The number of guanidine groups is 1. The molecule has 6 heteroatoms. The first-order valence-electron chi connectivity index (χ1n) is 10.2. The second-order valence-electron chi connectivity index (χ2n) is 7.40. The monoisotopic (exact) mass is 396 g/mol. The number of aliphatic imine (C=N–C) groups is 1. The number of rotatable bonds is 8. The van der Waals surface area contributed by atoms with Crippen LogP contribution in [0, 0.1) is 0 Å². The lowest BCUT2D eigenvalue weighted by Gasteiger charge is -2.26. The second kappa shape index (κ2) is 10.7. The van der Waals surface area contributed by atoms with Crippen molar-refractivity contribution in [2.45, 2.75) is 38.9 Å². The predicted octanol–water partition coefficient (Wildman–Crippen LogP) is 3.29. The van der Waals surface area contributed by atoms with Crippen molar-refractivity contribution in [3.63, 3.8) is 0 Å². The zero-order valence-electron chi connectivity index (χ0n) is 17.5. The molecule has 3 rings (SSSR count). The molecule has 0 atom stereocenters. The van der Waals surface area contributed by atoms with Crippen LogP contribution in [0.1, 0.15) is 36.0 Å². The molecule has 0 spiro atoms. The van der Waals surface area contributed by atoms with Crippen LogP contribution in [-0.2, 0) is 19.6 Å². The molecule has 0 aliphatic carbocycles. The molecule has 29 heavy (non-hydrogen) atoms. The van der Waals surface area contributed by atoms with E-state index in [-0.39, 0.29) is 0 Å². The van der Waals surface area contributed by atoms with Gasteiger partial charge in [0.2, 0.25) is 0 Å². The standard InChI is InChI=1S/C23H32N4O2/c1-28-21-11-10-20(14-22(21)29-2)16-26-23(24)25-15-18-6-8-19(9-7-18)17-27-12-4-3-5-13-27/h6-11,14H,3-5,12-13,15-17H2,1-2H3,(H3,24,25,26). The van der Waals surface area contributed by atoms with Crippen LogP contribution >= 0.6 is 0 Å². The van der Waals surface area contributed by atoms with Crippen molar-refractivity contribution < 1.29 is 9.47 Å². The Labute approximate surface area is 173 Å². The Balaban J connectivity index is 1.47. The van der Waals surface area contributed by atoms with Crippen LogP contribution in [0.3, 0.4) is 0 Å². The first kappa shape index (κ1) is 21.0. The van der Waals surface area contributed by atoms with Gasteiger partial charge in [-0.15, -0.1) is 0 Å². The maximum Gasteiger partial charge on any atom is 0.189 e. The van der Waals surface area contributed by atoms with Crippen LogP contribution < -0.4 is 20.5 Å². The number of ether oxygens (including phenoxy) is 2. The van der Waals surface area contributed by atoms with Crippen molar-refractivity contribution >= 4 is 5.96 Å². The Morgan fingerprint density at radius 1 is 0.931 bits per heavy atom. The third-order valence-corrected chi connectivity index (χ3v) is 5.23. The molecule has 156 valence electrons. The second-order valence-corrected chi connectivity index (χ2v) is 7.40. The Kier molecular flexibility index (Phi) is 7.76. The fourth-order valence-electron chi connectivity index (χ4n) is 3.54. The van der Waals surface area contributed by atoms with E-state index in [1.165, 1.54) is 43.5 Å². The van der Waals surface area contributed by atoms with Crippen LogP contribution in [0.25, 0.3) is 0 Å². The van der Waals surface area contributed by atoms with Crippen molar-refractivity contribution in [3.05, 3.63) is 59.2 Å². The van der Waals surface area contributed by atoms with E-state index in [4.69, 9.17) is 15.2 Å². The van der Waals surface area contributed by atoms with Gasteiger partial charge in [-0.2, -0.15) is 0 Å². The molecule has 0 radical (unpaired) electrons. The van der Waals surface area contributed by atoms with Crippen molar-refractivity contribution in [2.24, 2.45) is 10.7 Å². The van der Waals surface area contributed by atoms with E-state index >= 15 is 0 Å². The summed E-state index contributed by atoms with van der Waals surface area (Å²) in [7, 11) is 3.25. The number of likely N-dealkylation sites (tertiary alicyclic amines) is 1. The third kappa shape index (κ3) is 6.39. The number of methoxy groups -OCH3 is 2. The van der Waals surface area contributed by atoms with Gasteiger partial charge in [0, 0.05) is 13.1 Å². The lowest BCUT2D eigenvalue weighted by atomic mass is 10.1. The van der Waals surface area contributed by atoms with Crippen molar-refractivity contribution in [2.75, 3.05) is 27.3 Å². The number of nitrogens with one attached hydrogen (secondary N) is 1. The summed E-state index contributed by atoms with van der Waals surface area (Å²) in [6.07, 6.45) is 4.02. The van der Waals surface area contributed by atoms with Crippen LogP contribution in [0.15, 0.2) is 47.5 Å². The lowest BCUT2D eigenvalue weighted by Crippen LogP contribution is -2.31. The Hall–Kier alpha value is -2.73. The SMILES string of the molecule is COc1ccc(CN=C(N)NCc2ccc(CN3CCCCC3)cc2)cc1OC. The molecule has 0 bridgehead atoms. The number of piperidine rings is 1. The van der Waals surface area contributed by atoms with E-state index in [0.717, 1.165) is 12.1 Å². The number of benzene rings is 2. The van der Waals surface area contributed by atoms with E-state index in [0.29, 0.717) is 30.5 Å². The van der Waals surface area contributed by atoms with E-state index in [1.54, 1.807) is 14.2 Å². The summed E-state index contributed by atoms with van der Waals surface area (Å²) in [4.78, 5) is 6.95. The van der Waals surface area contributed by atoms with Gasteiger partial charge in [0.25, 0.3) is 0 Å². The molecule has 2 aromatic rings. The maximum absolute atomic E-state index is 6.03. The minimum atomic E-state index is 0.428. The Morgan fingerprint density at radius 3 is 2.28 bits per heavy atom. The molecule has 0 aromatic heterocycles. The highest BCUT2D eigenvalue weighted by molar-refractivity contribution is 5.77. The minimum Gasteiger partial charge on any atom is -0.493 e. The molecule has 1 saturated heterocycles. The van der Waals surface area contributed by atoms with Gasteiger partial charge in [-0.05, 0) is 54.8 Å². The molecule has 6 nitrogen and oxygen atoms in total. The van der Waals surface area contributed by atoms with Crippen molar-refractivity contribution in [1.82, 2.24) is 10.2 Å². The summed E-state index contributed by atoms with van der Waals surface area (Å²) in [5.74, 6) is 1.82. The maximum atomic E-state index is 6.03. The molecular weight excluding hydrogens is 364 g/mol. The summed E-state index contributed by atoms with van der Waals surface area (Å²) < 4.78 is 10.6. The largest absolute Gasteiger partial charge is 0.493 e. The number of nitrogens with two attached hydrogens (primary N) is 1. The lowest BCUT2D eigenvalue weighted by molar-refractivity contribution is 0.221. The van der Waals surface area contributed by atoms with Crippen LogP contribution in [-0.4, -0.2) is 38.2 Å². The van der Waals surface area contributed by atoms with Crippen molar-refractivity contribution in [3.8, 4) is 11.5 Å². The van der Waals surface area contributed by atoms with Gasteiger partial charge in [0.15, 0.2) is 17.5 Å². The number of nitrogens with zero attached hydrogens (tertiary/aromatic N) is 2. The zero-order chi connectivity index (χ0) is 20.5. The minimum absolute atomic E-state index is 0.428. The molecule has 3 N–H and O–H groups in total. The molecule has 1 aliphatic rings. The highest BCUT2D eigenvalue weighted by atomic mass is 16.5. The average molecular weight is 397 g/mol. The van der Waals surface area contributed by atoms with Gasteiger partial charge in [-0.1, -0.05) is 36.8 Å². The highest BCUT2D eigenvalue weighted by Crippen LogP contribution is 2.27. The summed E-state index contributed by atoms with van der Waals surface area (Å²) in [6.45, 7) is 4.62. The fraction of sp³-hybridized carbons (Fsp3) is 0.435. The quantitative estimate of drug-likeness (QED) is 0.529. The Morgan fingerprint density at radius 2 is 1.59 bits per heavy atom. The summed E-state index contributed by atoms with van der Waals surface area (Å²) >= 11 is 0. The summed E-state index contributed by atoms with van der Waals surface area (Å²) in [5.41, 5.74) is 9.59. The van der Waals surface area contributed by atoms with Crippen LogP contribution in [0.4, 0.5) is 0 Å².